The van der Waals surface area contributed by atoms with E-state index < -0.39 is 23.9 Å². The monoisotopic (exact) mass is 924 g/mol. The lowest BCUT2D eigenvalue weighted by Gasteiger charge is -2.32. The second-order valence-corrected chi connectivity index (χ2v) is 16.6. The third kappa shape index (κ3) is 14.3. The molecule has 0 aliphatic carbocycles. The van der Waals surface area contributed by atoms with Gasteiger partial charge in [0.15, 0.2) is 5.69 Å². The molecule has 5 aromatic rings. The largest absolute Gasteiger partial charge is 0.465 e. The van der Waals surface area contributed by atoms with E-state index in [-0.39, 0.29) is 61.2 Å². The Morgan fingerprint density at radius 1 is 0.750 bits per heavy atom. The minimum atomic E-state index is -0.591. The van der Waals surface area contributed by atoms with Gasteiger partial charge in [0.1, 0.15) is 12.4 Å². The van der Waals surface area contributed by atoms with Crippen LogP contribution in [0.25, 0.3) is 0 Å². The maximum Gasteiger partial charge on any atom is 0.415 e. The summed E-state index contributed by atoms with van der Waals surface area (Å²) in [6, 6.07) is 34.7. The molecule has 356 valence electrons. The Bertz CT molecular complexity index is 2510. The normalized spacial score (nSPS) is 12.3. The SMILES string of the molecule is CCC(CC)N(CCN(C)C(=O)CCC(=O)OCc1ccccc1)Cc1cccc(C(=O)Nc2ccc(N3CCCOC3=O)nc2C(=O)Nc2ccc(CCc3ccc(C(=O)OC)cc3)cc2)c1. The van der Waals surface area contributed by atoms with Crippen LogP contribution in [0.15, 0.2) is 115 Å². The van der Waals surface area contributed by atoms with E-state index in [9.17, 15) is 28.8 Å². The molecule has 4 aromatic carbocycles. The van der Waals surface area contributed by atoms with Crippen molar-refractivity contribution in [2.45, 2.75) is 78.0 Å². The third-order valence-corrected chi connectivity index (χ3v) is 11.8. The molecule has 15 heteroatoms. The van der Waals surface area contributed by atoms with Crippen LogP contribution in [0.1, 0.15) is 99.4 Å². The first-order valence-corrected chi connectivity index (χ1v) is 23.0. The van der Waals surface area contributed by atoms with E-state index in [2.05, 4.69) is 34.4 Å². The zero-order chi connectivity index (χ0) is 48.4. The first kappa shape index (κ1) is 50.0. The molecule has 2 N–H and O–H groups in total. The number of ether oxygens (including phenoxy) is 3. The lowest BCUT2D eigenvalue weighted by atomic mass is 10.0. The average Bonchev–Trinajstić information content (AvgIpc) is 3.37. The lowest BCUT2D eigenvalue weighted by molar-refractivity contribution is -0.147. The zero-order valence-corrected chi connectivity index (χ0v) is 39.2. The van der Waals surface area contributed by atoms with E-state index in [0.29, 0.717) is 49.4 Å². The average molecular weight is 925 g/mol. The molecular formula is C53H60N6O9. The number of rotatable bonds is 22. The summed E-state index contributed by atoms with van der Waals surface area (Å²) in [6.45, 7) is 6.57. The van der Waals surface area contributed by atoms with Crippen molar-refractivity contribution in [1.82, 2.24) is 14.8 Å². The van der Waals surface area contributed by atoms with Gasteiger partial charge in [0.05, 0.1) is 31.4 Å². The molecule has 4 amide bonds. The highest BCUT2D eigenvalue weighted by molar-refractivity contribution is 6.12. The Morgan fingerprint density at radius 3 is 2.12 bits per heavy atom. The molecule has 1 aromatic heterocycles. The second kappa shape index (κ2) is 24.9. The van der Waals surface area contributed by atoms with Crippen LogP contribution in [0.4, 0.5) is 22.0 Å². The van der Waals surface area contributed by atoms with Crippen LogP contribution in [-0.2, 0) is 49.8 Å². The first-order valence-electron chi connectivity index (χ1n) is 23.0. The van der Waals surface area contributed by atoms with Crippen molar-refractivity contribution in [3.05, 3.63) is 154 Å². The van der Waals surface area contributed by atoms with Gasteiger partial charge in [-0.2, -0.15) is 0 Å². The number of anilines is 3. The lowest BCUT2D eigenvalue weighted by Crippen LogP contribution is -2.41. The van der Waals surface area contributed by atoms with Crippen molar-refractivity contribution in [3.63, 3.8) is 0 Å². The minimum absolute atomic E-state index is 0.00499. The van der Waals surface area contributed by atoms with Gasteiger partial charge in [-0.05, 0) is 103 Å². The molecule has 0 atom stereocenters. The summed E-state index contributed by atoms with van der Waals surface area (Å²) in [5, 5.41) is 5.79. The number of carbonyl (C=O) groups excluding carboxylic acids is 6. The molecule has 1 fully saturated rings. The fraction of sp³-hybridized carbons (Fsp3) is 0.340. The Labute approximate surface area is 397 Å². The molecule has 0 saturated carbocycles. The minimum Gasteiger partial charge on any atom is -0.465 e. The standard InChI is InChI=1S/C53H60N6O9/c1-5-44(6-2)58(32-31-57(3)47(60)28-29-48(61)68-36-39-12-8-7-9-13-39)35-40-14-10-15-42(34-40)50(62)55-45-26-27-46(59-30-11-33-67-53(59)65)56-49(45)51(63)54-43-24-20-38(21-25-43)17-16-37-18-22-41(23-19-37)52(64)66-4/h7-10,12-15,18-27,34,44H,5-6,11,16-17,28-33,35-36H2,1-4H3,(H,54,63)(H,55,62). The van der Waals surface area contributed by atoms with Gasteiger partial charge in [0.25, 0.3) is 11.8 Å². The maximum absolute atomic E-state index is 14.0. The number of amides is 4. The van der Waals surface area contributed by atoms with E-state index >= 15 is 0 Å². The number of hydrogen-bond donors (Lipinski definition) is 2. The highest BCUT2D eigenvalue weighted by atomic mass is 16.6. The Hall–Kier alpha value is -7.39. The number of benzene rings is 4. The van der Waals surface area contributed by atoms with Gasteiger partial charge >= 0.3 is 18.0 Å². The highest BCUT2D eigenvalue weighted by Crippen LogP contribution is 2.25. The van der Waals surface area contributed by atoms with Crippen molar-refractivity contribution >= 4 is 52.9 Å². The van der Waals surface area contributed by atoms with Crippen LogP contribution in [0.2, 0.25) is 0 Å². The zero-order valence-electron chi connectivity index (χ0n) is 39.2. The molecule has 15 nitrogen and oxygen atoms in total. The summed E-state index contributed by atoms with van der Waals surface area (Å²) in [5.41, 5.74) is 5.28. The molecule has 6 rings (SSSR count). The van der Waals surface area contributed by atoms with Crippen LogP contribution < -0.4 is 15.5 Å². The van der Waals surface area contributed by atoms with Gasteiger partial charge in [-0.25, -0.2) is 14.6 Å². The van der Waals surface area contributed by atoms with Crippen LogP contribution in [0.5, 0.6) is 0 Å². The molecule has 1 saturated heterocycles. The number of carbonyl (C=O) groups is 6. The van der Waals surface area contributed by atoms with Gasteiger partial charge in [0.2, 0.25) is 5.91 Å². The third-order valence-electron chi connectivity index (χ3n) is 11.8. The topological polar surface area (TPSA) is 177 Å². The number of aryl methyl sites for hydroxylation is 2. The Balaban J connectivity index is 1.10. The molecule has 1 aliphatic rings. The van der Waals surface area contributed by atoms with Crippen molar-refractivity contribution < 1.29 is 43.0 Å². The number of aromatic nitrogens is 1. The Morgan fingerprint density at radius 2 is 1.44 bits per heavy atom. The van der Waals surface area contributed by atoms with E-state index in [1.807, 2.05) is 72.8 Å². The van der Waals surface area contributed by atoms with Gasteiger partial charge in [-0.15, -0.1) is 0 Å². The predicted octanol–water partition coefficient (Wildman–Crippen LogP) is 8.48. The molecule has 2 heterocycles. The number of methoxy groups -OCH3 is 1. The number of esters is 2. The smallest absolute Gasteiger partial charge is 0.415 e. The van der Waals surface area contributed by atoms with Gasteiger partial charge in [0, 0.05) is 56.9 Å². The van der Waals surface area contributed by atoms with Gasteiger partial charge in [-0.3, -0.25) is 29.0 Å². The van der Waals surface area contributed by atoms with Crippen molar-refractivity contribution in [1.29, 1.82) is 0 Å². The fourth-order valence-electron chi connectivity index (χ4n) is 7.84. The van der Waals surface area contributed by atoms with Crippen LogP contribution in [0, 0.1) is 0 Å². The maximum atomic E-state index is 14.0. The van der Waals surface area contributed by atoms with Crippen LogP contribution in [0.3, 0.4) is 0 Å². The summed E-state index contributed by atoms with van der Waals surface area (Å²) < 4.78 is 15.4. The van der Waals surface area contributed by atoms with E-state index in [1.165, 1.54) is 12.0 Å². The van der Waals surface area contributed by atoms with Crippen molar-refractivity contribution in [3.8, 4) is 0 Å². The number of pyridine rings is 1. The number of nitrogens with one attached hydrogen (secondary N) is 2. The number of cyclic esters (lactones) is 1. The molecule has 0 radical (unpaired) electrons. The summed E-state index contributed by atoms with van der Waals surface area (Å²) in [7, 11) is 3.08. The second-order valence-electron chi connectivity index (χ2n) is 16.6. The van der Waals surface area contributed by atoms with E-state index in [1.54, 1.807) is 54.4 Å². The fourth-order valence-corrected chi connectivity index (χ4v) is 7.84. The molecule has 0 unspecified atom stereocenters. The van der Waals surface area contributed by atoms with Gasteiger partial charge < -0.3 is 29.7 Å². The van der Waals surface area contributed by atoms with Crippen molar-refractivity contribution in [2.24, 2.45) is 0 Å². The molecule has 1 aliphatic heterocycles. The van der Waals surface area contributed by atoms with Crippen LogP contribution >= 0.6 is 0 Å². The molecule has 68 heavy (non-hydrogen) atoms. The highest BCUT2D eigenvalue weighted by Gasteiger charge is 2.26. The molecule has 0 bridgehead atoms. The van der Waals surface area contributed by atoms with Gasteiger partial charge in [-0.1, -0.05) is 80.6 Å². The van der Waals surface area contributed by atoms with E-state index in [0.717, 1.165) is 47.9 Å². The number of hydrogen-bond acceptors (Lipinski definition) is 11. The van der Waals surface area contributed by atoms with Crippen LogP contribution in [-0.4, -0.2) is 97.0 Å². The first-order chi connectivity index (χ1) is 32.9. The van der Waals surface area contributed by atoms with E-state index in [4.69, 9.17) is 14.2 Å². The molecular weight excluding hydrogens is 865 g/mol. The quantitative estimate of drug-likeness (QED) is 0.0503. The predicted molar refractivity (Wildman–Crippen MR) is 259 cm³/mol. The number of likely N-dealkylation sites (N-methyl/N-ethyl adjacent to an activating group) is 1. The van der Waals surface area contributed by atoms with Crippen molar-refractivity contribution in [2.75, 3.05) is 55.9 Å². The summed E-state index contributed by atoms with van der Waals surface area (Å²) in [4.78, 5) is 87.7. The summed E-state index contributed by atoms with van der Waals surface area (Å²) in [5.74, 6) is -1.80. The summed E-state index contributed by atoms with van der Waals surface area (Å²) >= 11 is 0. The Kier molecular flexibility index (Phi) is 18.4. The number of nitrogens with zero attached hydrogens (tertiary/aromatic N) is 4. The summed E-state index contributed by atoms with van der Waals surface area (Å²) in [6.07, 6.45) is 3.28. The molecule has 0 spiro atoms.